The number of nitro benzene ring substituents is 1. The van der Waals surface area contributed by atoms with E-state index in [1.54, 1.807) is 17.0 Å². The molecule has 0 N–H and O–H groups in total. The van der Waals surface area contributed by atoms with E-state index in [1.165, 1.54) is 6.07 Å². The van der Waals surface area contributed by atoms with Gasteiger partial charge in [0.15, 0.2) is 0 Å². The summed E-state index contributed by atoms with van der Waals surface area (Å²) in [7, 11) is 0. The van der Waals surface area contributed by atoms with Crippen LogP contribution in [0.3, 0.4) is 0 Å². The van der Waals surface area contributed by atoms with Crippen LogP contribution in [-0.4, -0.2) is 54.1 Å². The highest BCUT2D eigenvalue weighted by Crippen LogP contribution is 2.30. The Labute approximate surface area is 141 Å². The van der Waals surface area contributed by atoms with E-state index in [-0.39, 0.29) is 23.7 Å². The molecule has 2 heterocycles. The second-order valence-corrected chi connectivity index (χ2v) is 6.63. The van der Waals surface area contributed by atoms with E-state index >= 15 is 0 Å². The summed E-state index contributed by atoms with van der Waals surface area (Å²) in [6, 6.07) is 5.19. The van der Waals surface area contributed by atoms with Crippen molar-refractivity contribution in [2.45, 2.75) is 38.8 Å². The third-order valence-electron chi connectivity index (χ3n) is 4.86. The number of nitro groups is 1. The van der Waals surface area contributed by atoms with Crippen LogP contribution in [-0.2, 0) is 16.0 Å². The molecule has 0 saturated carbocycles. The number of amides is 1. The number of hydrogen-bond donors (Lipinski definition) is 0. The Hall–Kier alpha value is -1.99. The number of anilines is 1. The molecule has 2 unspecified atom stereocenters. The van der Waals surface area contributed by atoms with Crippen molar-refractivity contribution in [1.82, 2.24) is 4.90 Å². The van der Waals surface area contributed by atoms with Crippen LogP contribution in [0.25, 0.3) is 0 Å². The summed E-state index contributed by atoms with van der Waals surface area (Å²) in [4.78, 5) is 27.3. The van der Waals surface area contributed by atoms with Crippen molar-refractivity contribution in [3.8, 4) is 0 Å². The maximum atomic E-state index is 12.8. The molecule has 130 valence electrons. The number of carbonyl (C=O) groups is 1. The van der Waals surface area contributed by atoms with E-state index in [2.05, 4.69) is 18.7 Å². The molecule has 3 rings (SSSR count). The van der Waals surface area contributed by atoms with Gasteiger partial charge in [-0.3, -0.25) is 19.8 Å². The standard InChI is InChI=1S/C17H23N3O4/c1-12-10-24-11-13(2)19(12)9-17(21)18-7-3-4-14-8-15(20(22)23)5-6-16(14)18/h5-6,8,12-13H,3-4,7,9-11H2,1-2H3. The van der Waals surface area contributed by atoms with E-state index in [4.69, 9.17) is 4.74 Å². The van der Waals surface area contributed by atoms with Gasteiger partial charge in [0.1, 0.15) is 0 Å². The molecule has 2 aliphatic heterocycles. The zero-order valence-electron chi connectivity index (χ0n) is 14.1. The third kappa shape index (κ3) is 3.27. The molecule has 24 heavy (non-hydrogen) atoms. The van der Waals surface area contributed by atoms with Crippen molar-refractivity contribution < 1.29 is 14.5 Å². The fourth-order valence-corrected chi connectivity index (χ4v) is 3.54. The Balaban J connectivity index is 1.78. The van der Waals surface area contributed by atoms with Crippen LogP contribution in [0, 0.1) is 10.1 Å². The lowest BCUT2D eigenvalue weighted by atomic mass is 10.0. The molecule has 1 aromatic carbocycles. The van der Waals surface area contributed by atoms with Crippen LogP contribution < -0.4 is 4.90 Å². The maximum Gasteiger partial charge on any atom is 0.269 e. The van der Waals surface area contributed by atoms with Crippen molar-refractivity contribution in [3.05, 3.63) is 33.9 Å². The molecule has 2 aliphatic rings. The lowest BCUT2D eigenvalue weighted by molar-refractivity contribution is -0.384. The Morgan fingerprint density at radius 1 is 1.33 bits per heavy atom. The first-order valence-electron chi connectivity index (χ1n) is 8.38. The van der Waals surface area contributed by atoms with Crippen LogP contribution in [0.4, 0.5) is 11.4 Å². The predicted molar refractivity (Wildman–Crippen MR) is 90.2 cm³/mol. The van der Waals surface area contributed by atoms with E-state index in [0.717, 1.165) is 24.1 Å². The molecule has 2 atom stereocenters. The second kappa shape index (κ2) is 6.86. The Bertz CT molecular complexity index is 639. The van der Waals surface area contributed by atoms with Crippen molar-refractivity contribution in [1.29, 1.82) is 0 Å². The van der Waals surface area contributed by atoms with Crippen LogP contribution in [0.2, 0.25) is 0 Å². The van der Waals surface area contributed by atoms with Crippen LogP contribution >= 0.6 is 0 Å². The van der Waals surface area contributed by atoms with E-state index in [0.29, 0.717) is 26.3 Å². The molecule has 0 bridgehead atoms. The Morgan fingerprint density at radius 3 is 2.71 bits per heavy atom. The van der Waals surface area contributed by atoms with E-state index < -0.39 is 4.92 Å². The van der Waals surface area contributed by atoms with E-state index in [9.17, 15) is 14.9 Å². The summed E-state index contributed by atoms with van der Waals surface area (Å²) < 4.78 is 5.51. The van der Waals surface area contributed by atoms with Crippen LogP contribution in [0.1, 0.15) is 25.8 Å². The monoisotopic (exact) mass is 333 g/mol. The van der Waals surface area contributed by atoms with Gasteiger partial charge in [0, 0.05) is 36.4 Å². The van der Waals surface area contributed by atoms with Gasteiger partial charge in [0.05, 0.1) is 24.7 Å². The molecule has 1 amide bonds. The molecule has 0 aliphatic carbocycles. The average molecular weight is 333 g/mol. The number of benzene rings is 1. The average Bonchev–Trinajstić information content (AvgIpc) is 2.57. The summed E-state index contributed by atoms with van der Waals surface area (Å²) in [5.41, 5.74) is 1.77. The topological polar surface area (TPSA) is 75.9 Å². The highest BCUT2D eigenvalue weighted by atomic mass is 16.6. The minimum absolute atomic E-state index is 0.0467. The van der Waals surface area contributed by atoms with Gasteiger partial charge in [-0.15, -0.1) is 0 Å². The third-order valence-corrected chi connectivity index (χ3v) is 4.86. The highest BCUT2D eigenvalue weighted by Gasteiger charge is 2.31. The van der Waals surface area contributed by atoms with Gasteiger partial charge in [-0.25, -0.2) is 0 Å². The van der Waals surface area contributed by atoms with Gasteiger partial charge in [-0.05, 0) is 38.3 Å². The van der Waals surface area contributed by atoms with E-state index in [1.807, 2.05) is 0 Å². The van der Waals surface area contributed by atoms with Gasteiger partial charge in [-0.1, -0.05) is 0 Å². The lowest BCUT2D eigenvalue weighted by Gasteiger charge is -2.39. The molecule has 1 fully saturated rings. The normalized spacial score (nSPS) is 24.5. The summed E-state index contributed by atoms with van der Waals surface area (Å²) in [5, 5.41) is 10.9. The van der Waals surface area contributed by atoms with Crippen molar-refractivity contribution in [3.63, 3.8) is 0 Å². The first-order chi connectivity index (χ1) is 11.5. The maximum absolute atomic E-state index is 12.8. The van der Waals surface area contributed by atoms with Gasteiger partial charge in [0.2, 0.25) is 5.91 Å². The second-order valence-electron chi connectivity index (χ2n) is 6.63. The molecule has 1 aromatic rings. The zero-order valence-corrected chi connectivity index (χ0v) is 14.1. The molecular formula is C17H23N3O4. The molecule has 0 spiro atoms. The minimum Gasteiger partial charge on any atom is -0.378 e. The number of morpholine rings is 1. The predicted octanol–water partition coefficient (Wildman–Crippen LogP) is 1.98. The lowest BCUT2D eigenvalue weighted by Crippen LogP contribution is -2.54. The molecule has 0 radical (unpaired) electrons. The molecule has 7 heteroatoms. The summed E-state index contributed by atoms with van der Waals surface area (Å²) >= 11 is 0. The number of nitrogens with zero attached hydrogens (tertiary/aromatic N) is 3. The van der Waals surface area contributed by atoms with Gasteiger partial charge in [-0.2, -0.15) is 0 Å². The minimum atomic E-state index is -0.391. The smallest absolute Gasteiger partial charge is 0.269 e. The fourth-order valence-electron chi connectivity index (χ4n) is 3.54. The number of non-ortho nitro benzene ring substituents is 1. The van der Waals surface area contributed by atoms with Gasteiger partial charge in [0.25, 0.3) is 5.69 Å². The number of carbonyl (C=O) groups excluding carboxylic acids is 1. The first kappa shape index (κ1) is 16.9. The Kier molecular flexibility index (Phi) is 4.82. The number of aryl methyl sites for hydroxylation is 1. The summed E-state index contributed by atoms with van der Waals surface area (Å²) in [6.45, 7) is 6.42. The Morgan fingerprint density at radius 2 is 2.04 bits per heavy atom. The quantitative estimate of drug-likeness (QED) is 0.624. The van der Waals surface area contributed by atoms with Gasteiger partial charge < -0.3 is 9.64 Å². The molecule has 0 aromatic heterocycles. The largest absolute Gasteiger partial charge is 0.378 e. The fraction of sp³-hybridized carbons (Fsp3) is 0.588. The SMILES string of the molecule is CC1COCC(C)N1CC(=O)N1CCCc2cc([N+](=O)[O-])ccc21. The number of rotatable bonds is 3. The van der Waals surface area contributed by atoms with Crippen molar-refractivity contribution >= 4 is 17.3 Å². The molecular weight excluding hydrogens is 310 g/mol. The van der Waals surface area contributed by atoms with Crippen molar-refractivity contribution in [2.24, 2.45) is 0 Å². The zero-order chi connectivity index (χ0) is 17.3. The number of ether oxygens (including phenoxy) is 1. The summed E-state index contributed by atoms with van der Waals surface area (Å²) in [6.07, 6.45) is 1.60. The molecule has 1 saturated heterocycles. The first-order valence-corrected chi connectivity index (χ1v) is 8.38. The van der Waals surface area contributed by atoms with Crippen LogP contribution in [0.5, 0.6) is 0 Å². The van der Waals surface area contributed by atoms with Gasteiger partial charge >= 0.3 is 0 Å². The number of fused-ring (bicyclic) bond motifs is 1. The van der Waals surface area contributed by atoms with Crippen molar-refractivity contribution in [2.75, 3.05) is 31.2 Å². The van der Waals surface area contributed by atoms with Crippen LogP contribution in [0.15, 0.2) is 18.2 Å². The summed E-state index contributed by atoms with van der Waals surface area (Å²) in [5.74, 6) is 0.0467. The highest BCUT2D eigenvalue weighted by molar-refractivity contribution is 5.96. The molecule has 7 nitrogen and oxygen atoms in total. The number of hydrogen-bond acceptors (Lipinski definition) is 5.